The molecular weight excluding hydrogens is 195 g/mol. The summed E-state index contributed by atoms with van der Waals surface area (Å²) in [4.78, 5) is 11.3. The molecule has 80 valence electrons. The van der Waals surface area contributed by atoms with Crippen LogP contribution >= 0.6 is 0 Å². The van der Waals surface area contributed by atoms with E-state index in [4.69, 9.17) is 5.73 Å². The first-order valence-corrected chi connectivity index (χ1v) is 4.96. The third-order valence-electron chi connectivity index (χ3n) is 2.91. The summed E-state index contributed by atoms with van der Waals surface area (Å²) in [6.45, 7) is 0. The molecule has 0 atom stereocenters. The number of carbonyl (C=O) groups is 1. The summed E-state index contributed by atoms with van der Waals surface area (Å²) in [5.41, 5.74) is 5.45. The predicted octanol–water partition coefficient (Wildman–Crippen LogP) is 1.65. The smallest absolute Gasteiger partial charge is 0.243 e. The lowest BCUT2D eigenvalue weighted by Crippen LogP contribution is -2.55. The van der Waals surface area contributed by atoms with Crippen molar-refractivity contribution in [3.05, 3.63) is 30.1 Å². The number of benzene rings is 1. The monoisotopic (exact) mass is 208 g/mol. The Kier molecular flexibility index (Phi) is 2.34. The summed E-state index contributed by atoms with van der Waals surface area (Å²) in [6.07, 6.45) is 2.50. The lowest BCUT2D eigenvalue weighted by molar-refractivity contribution is -0.124. The predicted molar refractivity (Wildman–Crippen MR) is 55.8 cm³/mol. The normalized spacial score (nSPS) is 17.9. The second kappa shape index (κ2) is 3.53. The van der Waals surface area contributed by atoms with E-state index in [1.807, 2.05) is 0 Å². The second-order valence-electron chi connectivity index (χ2n) is 3.93. The van der Waals surface area contributed by atoms with Gasteiger partial charge in [-0.15, -0.1) is 0 Å². The number of amides is 1. The van der Waals surface area contributed by atoms with Crippen LogP contribution in [0.5, 0.6) is 0 Å². The zero-order valence-corrected chi connectivity index (χ0v) is 8.29. The maximum absolute atomic E-state index is 12.7. The van der Waals surface area contributed by atoms with Gasteiger partial charge in [-0.1, -0.05) is 0 Å². The Morgan fingerprint density at radius 3 is 2.33 bits per heavy atom. The molecule has 1 saturated carbocycles. The van der Waals surface area contributed by atoms with Crippen molar-refractivity contribution in [2.45, 2.75) is 24.8 Å². The molecule has 1 aliphatic carbocycles. The molecule has 0 saturated heterocycles. The molecule has 1 fully saturated rings. The number of rotatable bonds is 3. The number of hydrogen-bond donors (Lipinski definition) is 2. The minimum Gasteiger partial charge on any atom is -0.371 e. The summed E-state index contributed by atoms with van der Waals surface area (Å²) in [6, 6.07) is 5.93. The molecule has 1 aromatic rings. The molecule has 0 heterocycles. The molecule has 3 nitrogen and oxygen atoms in total. The van der Waals surface area contributed by atoms with E-state index >= 15 is 0 Å². The molecule has 0 unspecified atom stereocenters. The van der Waals surface area contributed by atoms with Crippen LogP contribution in [-0.2, 0) is 4.79 Å². The molecule has 3 N–H and O–H groups in total. The van der Waals surface area contributed by atoms with Gasteiger partial charge in [0.25, 0.3) is 0 Å². The summed E-state index contributed by atoms with van der Waals surface area (Å²) in [5.74, 6) is -0.625. The van der Waals surface area contributed by atoms with Gasteiger partial charge < -0.3 is 11.1 Å². The summed E-state index contributed by atoms with van der Waals surface area (Å²) < 4.78 is 12.7. The highest BCUT2D eigenvalue weighted by Gasteiger charge is 2.42. The molecule has 1 aromatic carbocycles. The van der Waals surface area contributed by atoms with E-state index in [2.05, 4.69) is 5.32 Å². The van der Waals surface area contributed by atoms with Gasteiger partial charge in [0.05, 0.1) is 0 Å². The summed E-state index contributed by atoms with van der Waals surface area (Å²) in [7, 11) is 0. The second-order valence-corrected chi connectivity index (χ2v) is 3.93. The van der Waals surface area contributed by atoms with Crippen molar-refractivity contribution < 1.29 is 9.18 Å². The van der Waals surface area contributed by atoms with Crippen LogP contribution < -0.4 is 11.1 Å². The minimum absolute atomic E-state index is 0.290. The Hall–Kier alpha value is -1.58. The van der Waals surface area contributed by atoms with Crippen molar-refractivity contribution >= 4 is 11.6 Å². The Labute approximate surface area is 87.5 Å². The van der Waals surface area contributed by atoms with Crippen molar-refractivity contribution in [1.29, 1.82) is 0 Å². The van der Waals surface area contributed by atoms with Crippen molar-refractivity contribution in [3.8, 4) is 0 Å². The fourth-order valence-electron chi connectivity index (χ4n) is 1.77. The molecular formula is C11H13FN2O. The zero-order valence-electron chi connectivity index (χ0n) is 8.29. The molecule has 2 rings (SSSR count). The number of hydrogen-bond acceptors (Lipinski definition) is 2. The lowest BCUT2D eigenvalue weighted by atomic mass is 9.76. The largest absolute Gasteiger partial charge is 0.371 e. The van der Waals surface area contributed by atoms with Crippen molar-refractivity contribution in [3.63, 3.8) is 0 Å². The highest BCUT2D eigenvalue weighted by Crippen LogP contribution is 2.34. The maximum Gasteiger partial charge on any atom is 0.243 e. The van der Waals surface area contributed by atoms with Crippen LogP contribution in [0, 0.1) is 5.82 Å². The fraction of sp³-hybridized carbons (Fsp3) is 0.364. The van der Waals surface area contributed by atoms with Crippen LogP contribution in [-0.4, -0.2) is 11.4 Å². The topological polar surface area (TPSA) is 55.1 Å². The molecule has 1 aliphatic rings. The summed E-state index contributed by atoms with van der Waals surface area (Å²) >= 11 is 0. The highest BCUT2D eigenvalue weighted by molar-refractivity contribution is 5.89. The van der Waals surface area contributed by atoms with Gasteiger partial charge in [-0.25, -0.2) is 4.39 Å². The lowest BCUT2D eigenvalue weighted by Gasteiger charge is -2.40. The van der Waals surface area contributed by atoms with Gasteiger partial charge in [0.2, 0.25) is 5.91 Å². The first-order chi connectivity index (χ1) is 7.12. The van der Waals surface area contributed by atoms with Gasteiger partial charge in [0.1, 0.15) is 11.4 Å². The molecule has 1 amide bonds. The van der Waals surface area contributed by atoms with Crippen LogP contribution in [0.4, 0.5) is 10.1 Å². The van der Waals surface area contributed by atoms with Crippen molar-refractivity contribution in [2.75, 3.05) is 5.32 Å². The molecule has 15 heavy (non-hydrogen) atoms. The van der Waals surface area contributed by atoms with Crippen molar-refractivity contribution in [1.82, 2.24) is 0 Å². The minimum atomic E-state index is -0.613. The molecule has 0 aromatic heterocycles. The van der Waals surface area contributed by atoms with Crippen LogP contribution in [0.3, 0.4) is 0 Å². The first-order valence-electron chi connectivity index (χ1n) is 4.96. The van der Waals surface area contributed by atoms with Gasteiger partial charge in [-0.05, 0) is 43.5 Å². The number of nitrogens with one attached hydrogen (secondary N) is 1. The maximum atomic E-state index is 12.7. The number of nitrogens with two attached hydrogens (primary N) is 1. The Bertz CT molecular complexity index is 371. The molecule has 0 spiro atoms. The van der Waals surface area contributed by atoms with Gasteiger partial charge in [0.15, 0.2) is 0 Å². The fourth-order valence-corrected chi connectivity index (χ4v) is 1.77. The average Bonchev–Trinajstić information content (AvgIpc) is 2.13. The Balaban J connectivity index is 2.13. The average molecular weight is 208 g/mol. The number of primary amides is 1. The molecule has 4 heteroatoms. The quantitative estimate of drug-likeness (QED) is 0.793. The molecule has 0 bridgehead atoms. The van der Waals surface area contributed by atoms with E-state index in [9.17, 15) is 9.18 Å². The van der Waals surface area contributed by atoms with Gasteiger partial charge in [-0.2, -0.15) is 0 Å². The molecule has 0 radical (unpaired) electrons. The molecule has 0 aliphatic heterocycles. The van der Waals surface area contributed by atoms with Gasteiger partial charge in [-0.3, -0.25) is 4.79 Å². The number of carbonyl (C=O) groups excluding carboxylic acids is 1. The van der Waals surface area contributed by atoms with E-state index < -0.39 is 5.54 Å². The summed E-state index contributed by atoms with van der Waals surface area (Å²) in [5, 5.41) is 3.08. The highest BCUT2D eigenvalue weighted by atomic mass is 19.1. The van der Waals surface area contributed by atoms with E-state index in [0.29, 0.717) is 0 Å². The van der Waals surface area contributed by atoms with E-state index in [1.54, 1.807) is 12.1 Å². The third-order valence-corrected chi connectivity index (χ3v) is 2.91. The van der Waals surface area contributed by atoms with Crippen LogP contribution in [0.2, 0.25) is 0 Å². The zero-order chi connectivity index (χ0) is 10.9. The first kappa shape index (κ1) is 9.96. The van der Waals surface area contributed by atoms with Gasteiger partial charge >= 0.3 is 0 Å². The van der Waals surface area contributed by atoms with Gasteiger partial charge in [0, 0.05) is 5.69 Å². The standard InChI is InChI=1S/C11H13FN2O/c12-8-2-4-9(5-3-8)14-11(10(13)15)6-1-7-11/h2-5,14H,1,6-7H2,(H2,13,15). The number of anilines is 1. The third kappa shape index (κ3) is 1.79. The number of halogens is 1. The Morgan fingerprint density at radius 1 is 1.33 bits per heavy atom. The van der Waals surface area contributed by atoms with E-state index in [0.717, 1.165) is 24.9 Å². The van der Waals surface area contributed by atoms with Crippen LogP contribution in [0.25, 0.3) is 0 Å². The van der Waals surface area contributed by atoms with Crippen LogP contribution in [0.1, 0.15) is 19.3 Å². The van der Waals surface area contributed by atoms with E-state index in [-0.39, 0.29) is 11.7 Å². The Morgan fingerprint density at radius 2 is 1.93 bits per heavy atom. The van der Waals surface area contributed by atoms with E-state index in [1.165, 1.54) is 12.1 Å². The van der Waals surface area contributed by atoms with Crippen molar-refractivity contribution in [2.24, 2.45) is 5.73 Å². The van der Waals surface area contributed by atoms with Crippen LogP contribution in [0.15, 0.2) is 24.3 Å². The SMILES string of the molecule is NC(=O)C1(Nc2ccc(F)cc2)CCC1.